The van der Waals surface area contributed by atoms with E-state index in [1.807, 2.05) is 73.7 Å². The van der Waals surface area contributed by atoms with E-state index < -0.39 is 0 Å². The molecule has 0 radical (unpaired) electrons. The molecular weight excluding hydrogens is 669 g/mol. The van der Waals surface area contributed by atoms with Crippen LogP contribution < -0.4 is 24.8 Å². The summed E-state index contributed by atoms with van der Waals surface area (Å²) in [6.45, 7) is 3.35. The van der Waals surface area contributed by atoms with Crippen LogP contribution in [0, 0.1) is 11.3 Å². The highest BCUT2D eigenvalue weighted by molar-refractivity contribution is 6.42. The van der Waals surface area contributed by atoms with E-state index in [0.29, 0.717) is 53.3 Å². The van der Waals surface area contributed by atoms with E-state index in [0.717, 1.165) is 51.1 Å². The van der Waals surface area contributed by atoms with Crippen molar-refractivity contribution < 1.29 is 19.0 Å². The Hall–Kier alpha value is -5.00. The number of halogens is 2. The Morgan fingerprint density at radius 2 is 1.60 bits per heavy atom. The van der Waals surface area contributed by atoms with Crippen molar-refractivity contribution in [1.82, 2.24) is 10.6 Å². The van der Waals surface area contributed by atoms with E-state index in [-0.39, 0.29) is 24.1 Å². The second-order valence-corrected chi connectivity index (χ2v) is 13.5. The van der Waals surface area contributed by atoms with Gasteiger partial charge >= 0.3 is 0 Å². The molecule has 0 unspecified atom stereocenters. The van der Waals surface area contributed by atoms with Crippen molar-refractivity contribution in [3.63, 3.8) is 0 Å². The van der Waals surface area contributed by atoms with Gasteiger partial charge in [-0.3, -0.25) is 4.79 Å². The van der Waals surface area contributed by atoms with Crippen molar-refractivity contribution in [3.8, 4) is 34.4 Å². The van der Waals surface area contributed by atoms with Crippen LogP contribution in [0.2, 0.25) is 10.0 Å². The number of hydrogen-bond donors (Lipinski definition) is 2. The Morgan fingerprint density at radius 3 is 2.32 bits per heavy atom. The number of ether oxygens (including phenoxy) is 3. The molecule has 0 spiro atoms. The molecule has 2 heterocycles. The number of hydrogen-bond acceptors (Lipinski definition) is 6. The van der Waals surface area contributed by atoms with E-state index in [9.17, 15) is 4.79 Å². The monoisotopic (exact) mass is 703 g/mol. The number of nitrogens with one attached hydrogen (secondary N) is 2. The van der Waals surface area contributed by atoms with Crippen molar-refractivity contribution in [2.75, 3.05) is 6.61 Å². The maximum atomic E-state index is 13.3. The lowest BCUT2D eigenvalue weighted by atomic mass is 9.94. The lowest BCUT2D eigenvalue weighted by Crippen LogP contribution is -2.50. The van der Waals surface area contributed by atoms with Gasteiger partial charge in [-0.05, 0) is 107 Å². The Kier molecular flexibility index (Phi) is 9.95. The van der Waals surface area contributed by atoms with Crippen LogP contribution in [0.1, 0.15) is 46.4 Å². The van der Waals surface area contributed by atoms with Crippen LogP contribution in [0.4, 0.5) is 0 Å². The highest BCUT2D eigenvalue weighted by Crippen LogP contribution is 2.40. The molecule has 0 saturated carbocycles. The highest BCUT2D eigenvalue weighted by Gasteiger charge is 2.29. The molecule has 0 fully saturated rings. The van der Waals surface area contributed by atoms with Gasteiger partial charge in [-0.15, -0.1) is 0 Å². The number of carbonyl (C=O) groups is 1. The molecule has 0 saturated heterocycles. The number of carbonyl (C=O) groups excluding carboxylic acids is 1. The number of nitriles is 1. The zero-order chi connectivity index (χ0) is 34.6. The number of rotatable bonds is 9. The largest absolute Gasteiger partial charge is 0.489 e. The normalized spacial score (nSPS) is 16.8. The summed E-state index contributed by atoms with van der Waals surface area (Å²) in [5, 5.41) is 16.7. The van der Waals surface area contributed by atoms with Crippen LogP contribution >= 0.6 is 23.2 Å². The van der Waals surface area contributed by atoms with Crippen LogP contribution in [0.15, 0.2) is 103 Å². The Balaban J connectivity index is 0.911. The molecule has 3 atom stereocenters. The zero-order valence-electron chi connectivity index (χ0n) is 27.4. The number of nitrogens with zero attached hydrogens (tertiary/aromatic N) is 1. The van der Waals surface area contributed by atoms with Gasteiger partial charge in [-0.2, -0.15) is 5.26 Å². The second-order valence-electron chi connectivity index (χ2n) is 12.7. The lowest BCUT2D eigenvalue weighted by molar-refractivity contribution is -0.123. The molecule has 0 aromatic heterocycles. The Labute approximate surface area is 301 Å². The second kappa shape index (κ2) is 14.9. The quantitative estimate of drug-likeness (QED) is 0.160. The van der Waals surface area contributed by atoms with Crippen molar-refractivity contribution >= 4 is 29.1 Å². The SMILES string of the molecule is C[C@H](Cc1ccc(-c2ccc(C#N)cc2)cc1)NC(=O)[C@@H]1Cc2cc3c(cc2CN1)O[C@@H](c1ccc(OCc2ccc(Cl)c(Cl)c2)cc1)CO3. The average molecular weight is 705 g/mol. The first-order valence-corrected chi connectivity index (χ1v) is 17.3. The van der Waals surface area contributed by atoms with Crippen molar-refractivity contribution in [3.05, 3.63) is 147 Å². The van der Waals surface area contributed by atoms with Crippen molar-refractivity contribution in [1.29, 1.82) is 5.26 Å². The van der Waals surface area contributed by atoms with Crippen LogP contribution in [0.3, 0.4) is 0 Å². The lowest BCUT2D eigenvalue weighted by Gasteiger charge is -2.31. The molecule has 7 rings (SSSR count). The first-order chi connectivity index (χ1) is 24.3. The third-order valence-electron chi connectivity index (χ3n) is 9.08. The van der Waals surface area contributed by atoms with Crippen LogP contribution in [0.25, 0.3) is 11.1 Å². The van der Waals surface area contributed by atoms with E-state index in [1.165, 1.54) is 0 Å². The standard InChI is InChI=1S/C41H35Cl2N3O4/c1-25(16-26-2-7-29(8-3-26)30-9-4-27(21-44)5-10-30)46-41(47)37-18-32-19-38-39(20-33(32)22-45-37)50-40(24-49-38)31-11-13-34(14-12-31)48-23-28-6-15-35(42)36(43)17-28/h2-15,17,19-20,25,37,40,45H,16,18,22-24H2,1H3,(H,46,47)/t25-,37+,40-/m1/s1. The fourth-order valence-electron chi connectivity index (χ4n) is 6.32. The molecule has 9 heteroatoms. The van der Waals surface area contributed by atoms with Gasteiger partial charge in [0.25, 0.3) is 0 Å². The third-order valence-corrected chi connectivity index (χ3v) is 9.82. The van der Waals surface area contributed by atoms with Gasteiger partial charge in [0.1, 0.15) is 19.0 Å². The molecule has 0 bridgehead atoms. The van der Waals surface area contributed by atoms with Gasteiger partial charge in [0.05, 0.1) is 27.7 Å². The number of benzene rings is 5. The van der Waals surface area contributed by atoms with Gasteiger partial charge in [0.15, 0.2) is 17.6 Å². The molecule has 2 N–H and O–H groups in total. The van der Waals surface area contributed by atoms with Crippen LogP contribution in [-0.4, -0.2) is 24.6 Å². The molecule has 0 aliphatic carbocycles. The summed E-state index contributed by atoms with van der Waals surface area (Å²) in [5.74, 6) is 2.11. The fraction of sp³-hybridized carbons (Fsp3) is 0.220. The molecule has 252 valence electrons. The Morgan fingerprint density at radius 1 is 0.900 bits per heavy atom. The minimum Gasteiger partial charge on any atom is -0.489 e. The molecule has 5 aromatic carbocycles. The first kappa shape index (κ1) is 33.5. The third kappa shape index (κ3) is 7.74. The van der Waals surface area contributed by atoms with Gasteiger partial charge in [0, 0.05) is 12.6 Å². The summed E-state index contributed by atoms with van der Waals surface area (Å²) < 4.78 is 18.5. The first-order valence-electron chi connectivity index (χ1n) is 16.6. The maximum absolute atomic E-state index is 13.3. The minimum absolute atomic E-state index is 0.0169. The van der Waals surface area contributed by atoms with Gasteiger partial charge in [-0.25, -0.2) is 0 Å². The van der Waals surface area contributed by atoms with Crippen LogP contribution in [-0.2, 0) is 30.8 Å². The molecule has 2 aliphatic rings. The summed E-state index contributed by atoms with van der Waals surface area (Å²) in [4.78, 5) is 13.3. The van der Waals surface area contributed by atoms with E-state index in [1.54, 1.807) is 12.1 Å². The van der Waals surface area contributed by atoms with Gasteiger partial charge < -0.3 is 24.8 Å². The fourth-order valence-corrected chi connectivity index (χ4v) is 6.65. The number of amides is 1. The number of fused-ring (bicyclic) bond motifs is 2. The summed E-state index contributed by atoms with van der Waals surface area (Å²) in [6.07, 6.45) is 1.03. The highest BCUT2D eigenvalue weighted by atomic mass is 35.5. The molecule has 2 aliphatic heterocycles. The van der Waals surface area contributed by atoms with Crippen molar-refractivity contribution in [2.45, 2.75) is 51.1 Å². The zero-order valence-corrected chi connectivity index (χ0v) is 28.9. The van der Waals surface area contributed by atoms with Crippen LogP contribution in [0.5, 0.6) is 17.2 Å². The molecule has 1 amide bonds. The summed E-state index contributed by atoms with van der Waals surface area (Å²) in [6, 6.07) is 35.0. The van der Waals surface area contributed by atoms with Gasteiger partial charge in [0.2, 0.25) is 5.91 Å². The molecule has 5 aromatic rings. The summed E-state index contributed by atoms with van der Waals surface area (Å²) in [7, 11) is 0. The minimum atomic E-state index is -0.337. The topological polar surface area (TPSA) is 92.6 Å². The molecule has 50 heavy (non-hydrogen) atoms. The van der Waals surface area contributed by atoms with E-state index in [4.69, 9.17) is 42.7 Å². The van der Waals surface area contributed by atoms with Gasteiger partial charge in [-0.1, -0.05) is 77.8 Å². The predicted octanol–water partition coefficient (Wildman–Crippen LogP) is 8.39. The summed E-state index contributed by atoms with van der Waals surface area (Å²) >= 11 is 12.1. The average Bonchev–Trinajstić information content (AvgIpc) is 3.14. The summed E-state index contributed by atoms with van der Waals surface area (Å²) in [5.41, 5.74) is 8.04. The van der Waals surface area contributed by atoms with E-state index >= 15 is 0 Å². The maximum Gasteiger partial charge on any atom is 0.237 e. The smallest absolute Gasteiger partial charge is 0.237 e. The van der Waals surface area contributed by atoms with Crippen molar-refractivity contribution in [2.24, 2.45) is 0 Å². The molecular formula is C41H35Cl2N3O4. The predicted molar refractivity (Wildman–Crippen MR) is 195 cm³/mol. The Bertz CT molecular complexity index is 2040. The molecule has 7 nitrogen and oxygen atoms in total. The van der Waals surface area contributed by atoms with E-state index in [2.05, 4.69) is 41.0 Å².